The van der Waals surface area contributed by atoms with E-state index in [0.717, 1.165) is 21.6 Å². The molecule has 1 saturated heterocycles. The topological polar surface area (TPSA) is 84.9 Å². The Balaban J connectivity index is 1.63. The monoisotopic (exact) mass is 470 g/mol. The molecule has 1 fully saturated rings. The summed E-state index contributed by atoms with van der Waals surface area (Å²) in [6.07, 6.45) is 1.45. The van der Waals surface area contributed by atoms with Crippen LogP contribution in [0.3, 0.4) is 0 Å². The molecule has 7 nitrogen and oxygen atoms in total. The van der Waals surface area contributed by atoms with E-state index >= 15 is 0 Å². The lowest BCUT2D eigenvalue weighted by molar-refractivity contribution is -0.122. The molecule has 1 aliphatic heterocycles. The minimum absolute atomic E-state index is 0.149. The summed E-state index contributed by atoms with van der Waals surface area (Å²) in [7, 11) is 0. The van der Waals surface area contributed by atoms with E-state index in [1.807, 2.05) is 57.2 Å². The van der Waals surface area contributed by atoms with Gasteiger partial charge in [-0.2, -0.15) is 0 Å². The first-order chi connectivity index (χ1) is 16.9. The second-order valence-corrected chi connectivity index (χ2v) is 8.22. The second-order valence-electron chi connectivity index (χ2n) is 8.22. The number of nitrogens with zero attached hydrogens (tertiary/aromatic N) is 1. The molecule has 35 heavy (non-hydrogen) atoms. The van der Waals surface area contributed by atoms with Gasteiger partial charge in [0.05, 0.1) is 12.3 Å². The normalized spacial score (nSPS) is 14.8. The summed E-state index contributed by atoms with van der Waals surface area (Å²) < 4.78 is 11.7. The fraction of sp³-hybridized carbons (Fsp3) is 0.179. The van der Waals surface area contributed by atoms with Gasteiger partial charge in [0.25, 0.3) is 11.8 Å². The average molecular weight is 471 g/mol. The van der Waals surface area contributed by atoms with Crippen molar-refractivity contribution in [3.63, 3.8) is 0 Å². The molecule has 178 valence electrons. The van der Waals surface area contributed by atoms with Gasteiger partial charge >= 0.3 is 6.03 Å². The molecule has 0 saturated carbocycles. The summed E-state index contributed by atoms with van der Waals surface area (Å²) in [6, 6.07) is 19.5. The Hall–Kier alpha value is -4.39. The van der Waals surface area contributed by atoms with Gasteiger partial charge in [0, 0.05) is 0 Å². The minimum Gasteiger partial charge on any atom is -0.490 e. The molecule has 0 aromatic heterocycles. The Bertz CT molecular complexity index is 1290. The van der Waals surface area contributed by atoms with Gasteiger partial charge in [0.15, 0.2) is 11.5 Å². The number of benzene rings is 3. The van der Waals surface area contributed by atoms with Crippen molar-refractivity contribution in [2.45, 2.75) is 27.4 Å². The first-order valence-electron chi connectivity index (χ1n) is 11.3. The number of imide groups is 2. The third-order valence-corrected chi connectivity index (χ3v) is 5.38. The summed E-state index contributed by atoms with van der Waals surface area (Å²) in [5.74, 6) is -0.401. The van der Waals surface area contributed by atoms with Gasteiger partial charge in [-0.1, -0.05) is 42.5 Å². The van der Waals surface area contributed by atoms with E-state index in [4.69, 9.17) is 9.47 Å². The zero-order valence-electron chi connectivity index (χ0n) is 19.8. The molecule has 0 atom stereocenters. The molecule has 3 aromatic carbocycles. The number of aryl methyl sites for hydroxylation is 2. The lowest BCUT2D eigenvalue weighted by Crippen LogP contribution is -2.54. The molecular weight excluding hydrogens is 444 g/mol. The number of barbiturate groups is 1. The predicted molar refractivity (Wildman–Crippen MR) is 133 cm³/mol. The van der Waals surface area contributed by atoms with Crippen LogP contribution in [0, 0.1) is 13.8 Å². The van der Waals surface area contributed by atoms with Crippen molar-refractivity contribution in [3.8, 4) is 11.5 Å². The molecule has 1 heterocycles. The molecule has 4 amide bonds. The number of hydrogen-bond acceptors (Lipinski definition) is 5. The third-order valence-electron chi connectivity index (χ3n) is 5.38. The summed E-state index contributed by atoms with van der Waals surface area (Å²) in [5, 5.41) is 2.26. The second kappa shape index (κ2) is 10.3. The van der Waals surface area contributed by atoms with E-state index in [-0.39, 0.29) is 5.57 Å². The van der Waals surface area contributed by atoms with Crippen LogP contribution in [0.1, 0.15) is 29.2 Å². The first kappa shape index (κ1) is 23.8. The van der Waals surface area contributed by atoms with E-state index in [0.29, 0.717) is 36.0 Å². The summed E-state index contributed by atoms with van der Waals surface area (Å²) >= 11 is 0. The molecule has 3 aromatic rings. The van der Waals surface area contributed by atoms with Crippen LogP contribution in [0.4, 0.5) is 10.5 Å². The quantitative estimate of drug-likeness (QED) is 0.390. The number of anilines is 1. The largest absolute Gasteiger partial charge is 0.490 e. The van der Waals surface area contributed by atoms with Crippen LogP contribution in [0.5, 0.6) is 11.5 Å². The van der Waals surface area contributed by atoms with Crippen molar-refractivity contribution in [2.75, 3.05) is 11.5 Å². The average Bonchev–Trinajstić information content (AvgIpc) is 2.81. The molecule has 1 N–H and O–H groups in total. The SMILES string of the molecule is CCOc1cc(/C=C2\C(=O)NC(=O)N(c3cc(C)cc(C)c3)C2=O)ccc1OCc1ccccc1. The lowest BCUT2D eigenvalue weighted by atomic mass is 10.0. The summed E-state index contributed by atoms with van der Waals surface area (Å²) in [5.41, 5.74) is 3.63. The van der Waals surface area contributed by atoms with Gasteiger partial charge in [-0.05, 0) is 73.4 Å². The lowest BCUT2D eigenvalue weighted by Gasteiger charge is -2.27. The van der Waals surface area contributed by atoms with E-state index in [2.05, 4.69) is 5.32 Å². The van der Waals surface area contributed by atoms with Gasteiger partial charge in [-0.3, -0.25) is 14.9 Å². The van der Waals surface area contributed by atoms with Crippen LogP contribution in [0.25, 0.3) is 6.08 Å². The van der Waals surface area contributed by atoms with Crippen LogP contribution < -0.4 is 19.7 Å². The Morgan fingerprint density at radius 3 is 2.26 bits per heavy atom. The number of ether oxygens (including phenoxy) is 2. The van der Waals surface area contributed by atoms with Gasteiger partial charge in [0.1, 0.15) is 12.2 Å². The molecule has 0 radical (unpaired) electrons. The van der Waals surface area contributed by atoms with Crippen LogP contribution in [-0.2, 0) is 16.2 Å². The van der Waals surface area contributed by atoms with Gasteiger partial charge in [-0.15, -0.1) is 0 Å². The third kappa shape index (κ3) is 5.41. The number of hydrogen-bond donors (Lipinski definition) is 1. The molecule has 1 aliphatic rings. The van der Waals surface area contributed by atoms with Crippen molar-refractivity contribution < 1.29 is 23.9 Å². The number of nitrogens with one attached hydrogen (secondary N) is 1. The maximum absolute atomic E-state index is 13.2. The standard InChI is InChI=1S/C28H26N2O5/c1-4-34-25-16-21(10-11-24(25)35-17-20-8-6-5-7-9-20)15-23-26(31)29-28(33)30(27(23)32)22-13-18(2)12-19(3)14-22/h5-16H,4,17H2,1-3H3,(H,29,31,33)/b23-15+. The predicted octanol–water partition coefficient (Wildman–Crippen LogP) is 4.95. The summed E-state index contributed by atoms with van der Waals surface area (Å²) in [6.45, 7) is 6.39. The number of rotatable bonds is 7. The fourth-order valence-electron chi connectivity index (χ4n) is 3.88. The Labute approximate surface area is 204 Å². The number of carbonyl (C=O) groups is 3. The van der Waals surface area contributed by atoms with Crippen molar-refractivity contribution in [3.05, 3.63) is 94.6 Å². The van der Waals surface area contributed by atoms with E-state index < -0.39 is 17.8 Å². The highest BCUT2D eigenvalue weighted by molar-refractivity contribution is 6.39. The molecular formula is C28H26N2O5. The molecule has 0 unspecified atom stereocenters. The molecule has 4 rings (SSSR count). The molecule has 0 aliphatic carbocycles. The van der Waals surface area contributed by atoms with Gasteiger partial charge in [0.2, 0.25) is 0 Å². The smallest absolute Gasteiger partial charge is 0.335 e. The maximum Gasteiger partial charge on any atom is 0.335 e. The van der Waals surface area contributed by atoms with E-state index in [1.165, 1.54) is 6.08 Å². The van der Waals surface area contributed by atoms with Crippen molar-refractivity contribution >= 4 is 29.6 Å². The zero-order chi connectivity index (χ0) is 24.9. The van der Waals surface area contributed by atoms with Crippen LogP contribution >= 0.6 is 0 Å². The van der Waals surface area contributed by atoms with Crippen molar-refractivity contribution in [2.24, 2.45) is 0 Å². The number of urea groups is 1. The molecule has 7 heteroatoms. The Morgan fingerprint density at radius 1 is 0.857 bits per heavy atom. The number of amides is 4. The molecule has 0 bridgehead atoms. The minimum atomic E-state index is -0.776. The zero-order valence-corrected chi connectivity index (χ0v) is 19.8. The highest BCUT2D eigenvalue weighted by atomic mass is 16.5. The highest BCUT2D eigenvalue weighted by Gasteiger charge is 2.37. The van der Waals surface area contributed by atoms with E-state index in [1.54, 1.807) is 30.3 Å². The number of carbonyl (C=O) groups excluding carboxylic acids is 3. The van der Waals surface area contributed by atoms with E-state index in [9.17, 15) is 14.4 Å². The Kier molecular flexibility index (Phi) is 6.96. The first-order valence-corrected chi connectivity index (χ1v) is 11.3. The highest BCUT2D eigenvalue weighted by Crippen LogP contribution is 2.31. The summed E-state index contributed by atoms with van der Waals surface area (Å²) in [4.78, 5) is 39.3. The van der Waals surface area contributed by atoms with Gasteiger partial charge < -0.3 is 9.47 Å². The van der Waals surface area contributed by atoms with Crippen molar-refractivity contribution in [1.82, 2.24) is 5.32 Å². The van der Waals surface area contributed by atoms with Crippen LogP contribution in [-0.4, -0.2) is 24.5 Å². The van der Waals surface area contributed by atoms with Crippen LogP contribution in [0.15, 0.2) is 72.3 Å². The Morgan fingerprint density at radius 2 is 1.57 bits per heavy atom. The molecule has 0 spiro atoms. The maximum atomic E-state index is 13.2. The van der Waals surface area contributed by atoms with Gasteiger partial charge in [-0.25, -0.2) is 9.69 Å². The van der Waals surface area contributed by atoms with Crippen molar-refractivity contribution in [1.29, 1.82) is 0 Å². The van der Waals surface area contributed by atoms with Crippen LogP contribution in [0.2, 0.25) is 0 Å². The fourth-order valence-corrected chi connectivity index (χ4v) is 3.88.